The smallest absolute Gasteiger partial charge is 0.255 e. The van der Waals surface area contributed by atoms with Gasteiger partial charge in [0.05, 0.1) is 11.3 Å². The van der Waals surface area contributed by atoms with Gasteiger partial charge in [-0.05, 0) is 24.1 Å². The van der Waals surface area contributed by atoms with Crippen molar-refractivity contribution in [2.75, 3.05) is 6.54 Å². The van der Waals surface area contributed by atoms with Crippen molar-refractivity contribution in [2.24, 2.45) is 0 Å². The van der Waals surface area contributed by atoms with E-state index < -0.39 is 0 Å². The van der Waals surface area contributed by atoms with Gasteiger partial charge in [0, 0.05) is 48.7 Å². The summed E-state index contributed by atoms with van der Waals surface area (Å²) in [5.74, 6) is 0.657. The quantitative estimate of drug-likeness (QED) is 0.577. The molecule has 1 aliphatic heterocycles. The predicted octanol–water partition coefficient (Wildman–Crippen LogP) is 3.78. The number of benzene rings is 2. The van der Waals surface area contributed by atoms with Crippen LogP contribution in [-0.2, 0) is 19.5 Å². The summed E-state index contributed by atoms with van der Waals surface area (Å²) < 4.78 is 0. The largest absolute Gasteiger partial charge is 0.361 e. The fourth-order valence-corrected chi connectivity index (χ4v) is 4.02. The molecule has 0 saturated heterocycles. The zero-order valence-corrected chi connectivity index (χ0v) is 15.8. The van der Waals surface area contributed by atoms with E-state index in [9.17, 15) is 4.79 Å². The third-order valence-corrected chi connectivity index (χ3v) is 5.51. The molecule has 0 saturated carbocycles. The molecule has 2 aromatic heterocycles. The second-order valence-corrected chi connectivity index (χ2v) is 7.53. The maximum absolute atomic E-state index is 12.7. The lowest BCUT2D eigenvalue weighted by atomic mass is 10.0. The number of aromatic nitrogens is 3. The Morgan fingerprint density at radius 1 is 1.14 bits per heavy atom. The first kappa shape index (κ1) is 17.0. The van der Waals surface area contributed by atoms with Gasteiger partial charge in [-0.2, -0.15) is 0 Å². The van der Waals surface area contributed by atoms with E-state index in [0.717, 1.165) is 36.3 Å². The number of hydrogen-bond acceptors (Lipinski definition) is 3. The van der Waals surface area contributed by atoms with E-state index in [1.165, 1.54) is 22.0 Å². The monoisotopic (exact) mass is 370 g/mol. The number of nitrogens with one attached hydrogen (secondary N) is 2. The highest BCUT2D eigenvalue weighted by Crippen LogP contribution is 2.24. The summed E-state index contributed by atoms with van der Waals surface area (Å²) in [5.41, 5.74) is 6.32. The first-order valence-corrected chi connectivity index (χ1v) is 9.64. The molecular formula is C23H22N4O. The van der Waals surface area contributed by atoms with Gasteiger partial charge in [0.1, 0.15) is 5.82 Å². The Morgan fingerprint density at radius 2 is 2.00 bits per heavy atom. The van der Waals surface area contributed by atoms with Gasteiger partial charge in [-0.1, -0.05) is 42.5 Å². The molecule has 5 nitrogen and oxygen atoms in total. The Morgan fingerprint density at radius 3 is 2.86 bits per heavy atom. The zero-order valence-electron chi connectivity index (χ0n) is 15.8. The molecular weight excluding hydrogens is 348 g/mol. The van der Waals surface area contributed by atoms with Crippen molar-refractivity contribution in [1.29, 1.82) is 0 Å². The standard InChI is InChI=1S/C23H22N4O/c1-15-7-8-18-17(12-24-21(18)11-15)13-27-10-9-20-19(14-27)23(28)26-22(25-20)16-5-3-2-4-6-16/h2-8,11-12,24H,9-10,13-14H2,1H3,(H,25,26,28). The number of rotatable bonds is 3. The molecule has 0 bridgehead atoms. The van der Waals surface area contributed by atoms with Gasteiger partial charge >= 0.3 is 0 Å². The van der Waals surface area contributed by atoms with Crippen LogP contribution in [0.5, 0.6) is 0 Å². The number of aryl methyl sites for hydroxylation is 1. The van der Waals surface area contributed by atoms with Crippen LogP contribution < -0.4 is 5.56 Å². The lowest BCUT2D eigenvalue weighted by Crippen LogP contribution is -2.35. The van der Waals surface area contributed by atoms with Crippen molar-refractivity contribution in [2.45, 2.75) is 26.4 Å². The number of H-pyrrole nitrogens is 2. The van der Waals surface area contributed by atoms with E-state index in [2.05, 4.69) is 46.2 Å². The maximum Gasteiger partial charge on any atom is 0.255 e. The van der Waals surface area contributed by atoms with E-state index in [-0.39, 0.29) is 5.56 Å². The van der Waals surface area contributed by atoms with Gasteiger partial charge < -0.3 is 9.97 Å². The van der Waals surface area contributed by atoms with Crippen molar-refractivity contribution >= 4 is 10.9 Å². The molecule has 4 aromatic rings. The Bertz CT molecular complexity index is 1210. The summed E-state index contributed by atoms with van der Waals surface area (Å²) in [7, 11) is 0. The Kier molecular flexibility index (Phi) is 4.10. The first-order valence-electron chi connectivity index (χ1n) is 9.64. The van der Waals surface area contributed by atoms with Gasteiger partial charge in [-0.3, -0.25) is 9.69 Å². The van der Waals surface area contributed by atoms with E-state index in [1.807, 2.05) is 30.3 Å². The minimum Gasteiger partial charge on any atom is -0.361 e. The van der Waals surface area contributed by atoms with Crippen molar-refractivity contribution in [3.63, 3.8) is 0 Å². The molecule has 2 aromatic carbocycles. The van der Waals surface area contributed by atoms with Crippen LogP contribution in [0.2, 0.25) is 0 Å². The molecule has 2 N–H and O–H groups in total. The summed E-state index contributed by atoms with van der Waals surface area (Å²) in [6, 6.07) is 16.3. The van der Waals surface area contributed by atoms with Gasteiger partial charge in [-0.25, -0.2) is 4.98 Å². The predicted molar refractivity (Wildman–Crippen MR) is 111 cm³/mol. The molecule has 0 amide bonds. The van der Waals surface area contributed by atoms with Crippen LogP contribution in [0.25, 0.3) is 22.3 Å². The first-order chi connectivity index (χ1) is 13.7. The fourth-order valence-electron chi connectivity index (χ4n) is 4.02. The SMILES string of the molecule is Cc1ccc2c(CN3CCc4nc(-c5ccccc5)[nH]c(=O)c4C3)c[nH]c2c1. The number of fused-ring (bicyclic) bond motifs is 2. The van der Waals surface area contributed by atoms with Crippen LogP contribution in [0.3, 0.4) is 0 Å². The van der Waals surface area contributed by atoms with Crippen molar-refractivity contribution in [3.8, 4) is 11.4 Å². The second kappa shape index (κ2) is 6.77. The summed E-state index contributed by atoms with van der Waals surface area (Å²) in [5, 5.41) is 1.25. The van der Waals surface area contributed by atoms with E-state index in [0.29, 0.717) is 12.4 Å². The zero-order chi connectivity index (χ0) is 19.1. The van der Waals surface area contributed by atoms with Gasteiger partial charge in [0.15, 0.2) is 0 Å². The van der Waals surface area contributed by atoms with E-state index in [4.69, 9.17) is 4.98 Å². The lowest BCUT2D eigenvalue weighted by Gasteiger charge is -2.27. The average molecular weight is 370 g/mol. The Balaban J connectivity index is 1.41. The van der Waals surface area contributed by atoms with Crippen molar-refractivity contribution in [1.82, 2.24) is 19.9 Å². The number of aromatic amines is 2. The molecule has 140 valence electrons. The minimum atomic E-state index is -0.0249. The van der Waals surface area contributed by atoms with Crippen LogP contribution in [-0.4, -0.2) is 26.4 Å². The lowest BCUT2D eigenvalue weighted by molar-refractivity contribution is 0.242. The van der Waals surface area contributed by atoms with Gasteiger partial charge in [0.2, 0.25) is 0 Å². The maximum atomic E-state index is 12.7. The molecule has 0 unspecified atom stereocenters. The van der Waals surface area contributed by atoms with Gasteiger partial charge in [-0.15, -0.1) is 0 Å². The van der Waals surface area contributed by atoms with Crippen molar-refractivity contribution in [3.05, 3.63) is 87.5 Å². The van der Waals surface area contributed by atoms with Gasteiger partial charge in [0.25, 0.3) is 5.56 Å². The molecule has 5 heteroatoms. The highest BCUT2D eigenvalue weighted by Gasteiger charge is 2.22. The van der Waals surface area contributed by atoms with Crippen LogP contribution in [0, 0.1) is 6.92 Å². The third-order valence-electron chi connectivity index (χ3n) is 5.51. The minimum absolute atomic E-state index is 0.0249. The topological polar surface area (TPSA) is 64.8 Å². The second-order valence-electron chi connectivity index (χ2n) is 7.53. The summed E-state index contributed by atoms with van der Waals surface area (Å²) in [4.78, 5) is 26.1. The highest BCUT2D eigenvalue weighted by molar-refractivity contribution is 5.83. The van der Waals surface area contributed by atoms with E-state index >= 15 is 0 Å². The summed E-state index contributed by atoms with van der Waals surface area (Å²) >= 11 is 0. The molecule has 0 spiro atoms. The molecule has 28 heavy (non-hydrogen) atoms. The number of nitrogens with zero attached hydrogens (tertiary/aromatic N) is 2. The van der Waals surface area contributed by atoms with Crippen LogP contribution in [0.15, 0.2) is 59.5 Å². The van der Waals surface area contributed by atoms with Crippen LogP contribution >= 0.6 is 0 Å². The van der Waals surface area contributed by atoms with Crippen LogP contribution in [0.4, 0.5) is 0 Å². The molecule has 0 atom stereocenters. The number of hydrogen-bond donors (Lipinski definition) is 2. The molecule has 0 fully saturated rings. The average Bonchev–Trinajstić information content (AvgIpc) is 3.10. The third kappa shape index (κ3) is 3.04. The fraction of sp³-hybridized carbons (Fsp3) is 0.217. The Hall–Kier alpha value is -3.18. The summed E-state index contributed by atoms with van der Waals surface area (Å²) in [6.45, 7) is 4.45. The normalized spacial score (nSPS) is 14.3. The molecule has 3 heterocycles. The van der Waals surface area contributed by atoms with Crippen molar-refractivity contribution < 1.29 is 0 Å². The molecule has 1 aliphatic rings. The van der Waals surface area contributed by atoms with E-state index in [1.54, 1.807) is 0 Å². The molecule has 0 aliphatic carbocycles. The van der Waals surface area contributed by atoms with Crippen LogP contribution in [0.1, 0.15) is 22.4 Å². The highest BCUT2D eigenvalue weighted by atomic mass is 16.1. The Labute approximate surface area is 163 Å². The molecule has 0 radical (unpaired) electrons. The summed E-state index contributed by atoms with van der Waals surface area (Å²) in [6.07, 6.45) is 2.88. The molecule has 5 rings (SSSR count).